The maximum absolute atomic E-state index is 12.6. The molecule has 134 valence electrons. The van der Waals surface area contributed by atoms with Crippen LogP contribution in [0.25, 0.3) is 0 Å². The second-order valence-corrected chi connectivity index (χ2v) is 8.15. The van der Waals surface area contributed by atoms with Gasteiger partial charge in [-0.1, -0.05) is 24.6 Å². The van der Waals surface area contributed by atoms with Crippen LogP contribution in [0.5, 0.6) is 0 Å². The lowest BCUT2D eigenvalue weighted by atomic mass is 9.85. The first-order valence-electron chi connectivity index (χ1n) is 9.82. The Morgan fingerprint density at radius 2 is 1.76 bits per heavy atom. The molecule has 2 aliphatic carbocycles. The Labute approximate surface area is 150 Å². The number of para-hydroxylation sites is 1. The molecule has 1 aromatic rings. The molecule has 0 unspecified atom stereocenters. The van der Waals surface area contributed by atoms with Gasteiger partial charge in [0.15, 0.2) is 0 Å². The Hall–Kier alpha value is -1.84. The van der Waals surface area contributed by atoms with Crippen LogP contribution in [0.15, 0.2) is 30.3 Å². The first kappa shape index (κ1) is 16.6. The molecule has 3 fully saturated rings. The highest BCUT2D eigenvalue weighted by atomic mass is 16.2. The van der Waals surface area contributed by atoms with Gasteiger partial charge in [-0.05, 0) is 62.0 Å². The summed E-state index contributed by atoms with van der Waals surface area (Å²) in [7, 11) is 0. The molecule has 2 bridgehead atoms. The van der Waals surface area contributed by atoms with Crippen molar-refractivity contribution in [2.24, 2.45) is 23.7 Å². The average Bonchev–Trinajstić information content (AvgIpc) is 3.25. The van der Waals surface area contributed by atoms with E-state index in [4.69, 9.17) is 0 Å². The number of rotatable bonds is 4. The molecule has 4 rings (SSSR count). The number of piperidine rings is 1. The zero-order valence-corrected chi connectivity index (χ0v) is 14.8. The molecule has 1 aliphatic heterocycles. The Morgan fingerprint density at radius 1 is 1.00 bits per heavy atom. The Morgan fingerprint density at radius 3 is 2.40 bits per heavy atom. The van der Waals surface area contributed by atoms with E-state index in [1.54, 1.807) is 0 Å². The largest absolute Gasteiger partial charge is 0.343 e. The summed E-state index contributed by atoms with van der Waals surface area (Å²) in [4.78, 5) is 27.0. The lowest BCUT2D eigenvalue weighted by Crippen LogP contribution is -2.42. The number of nitrogens with zero attached hydrogens (tertiary/aromatic N) is 1. The summed E-state index contributed by atoms with van der Waals surface area (Å²) >= 11 is 0. The normalized spacial score (nSPS) is 29.0. The number of hydrogen-bond acceptors (Lipinski definition) is 2. The number of amides is 2. The predicted octanol–water partition coefficient (Wildman–Crippen LogP) is 3.69. The van der Waals surface area contributed by atoms with Gasteiger partial charge in [-0.25, -0.2) is 0 Å². The van der Waals surface area contributed by atoms with Crippen molar-refractivity contribution < 1.29 is 9.59 Å². The SMILES string of the molecule is O=C(Nc1ccccc1)C1CCN(C(=O)C[C@H]2C[C@H]3CC[C@@H]2C3)CC1. The lowest BCUT2D eigenvalue weighted by Gasteiger charge is -2.33. The van der Waals surface area contributed by atoms with Crippen LogP contribution in [0, 0.1) is 23.7 Å². The Bertz CT molecular complexity index is 622. The maximum atomic E-state index is 12.6. The monoisotopic (exact) mass is 340 g/mol. The number of nitrogens with one attached hydrogen (secondary N) is 1. The van der Waals surface area contributed by atoms with Crippen LogP contribution in [0.3, 0.4) is 0 Å². The van der Waals surface area contributed by atoms with Crippen LogP contribution in [0.1, 0.15) is 44.9 Å². The number of fused-ring (bicyclic) bond motifs is 2. The lowest BCUT2D eigenvalue weighted by molar-refractivity contribution is -0.135. The molecule has 0 radical (unpaired) electrons. The first-order valence-corrected chi connectivity index (χ1v) is 9.82. The van der Waals surface area contributed by atoms with Gasteiger partial charge in [-0.15, -0.1) is 0 Å². The minimum atomic E-state index is 0.0201. The minimum absolute atomic E-state index is 0.0201. The van der Waals surface area contributed by atoms with Crippen LogP contribution in [-0.2, 0) is 9.59 Å². The highest BCUT2D eigenvalue weighted by Crippen LogP contribution is 2.49. The van der Waals surface area contributed by atoms with Crippen LogP contribution in [-0.4, -0.2) is 29.8 Å². The average molecular weight is 340 g/mol. The fourth-order valence-corrected chi connectivity index (χ4v) is 5.14. The van der Waals surface area contributed by atoms with Crippen molar-refractivity contribution in [2.75, 3.05) is 18.4 Å². The van der Waals surface area contributed by atoms with E-state index in [1.807, 2.05) is 35.2 Å². The van der Waals surface area contributed by atoms with E-state index >= 15 is 0 Å². The summed E-state index contributed by atoms with van der Waals surface area (Å²) in [5, 5.41) is 2.99. The van der Waals surface area contributed by atoms with E-state index in [2.05, 4.69) is 5.32 Å². The summed E-state index contributed by atoms with van der Waals surface area (Å²) in [6, 6.07) is 9.60. The summed E-state index contributed by atoms with van der Waals surface area (Å²) in [6.45, 7) is 1.46. The second-order valence-electron chi connectivity index (χ2n) is 8.15. The maximum Gasteiger partial charge on any atom is 0.227 e. The van der Waals surface area contributed by atoms with E-state index in [0.29, 0.717) is 11.8 Å². The summed E-state index contributed by atoms with van der Waals surface area (Å²) in [5.41, 5.74) is 0.849. The van der Waals surface area contributed by atoms with Crippen LogP contribution >= 0.6 is 0 Å². The van der Waals surface area contributed by atoms with Crippen LogP contribution in [0.4, 0.5) is 5.69 Å². The fraction of sp³-hybridized carbons (Fsp3) is 0.619. The van der Waals surface area contributed by atoms with Gasteiger partial charge in [-0.3, -0.25) is 9.59 Å². The Kier molecular flexibility index (Phi) is 4.78. The van der Waals surface area contributed by atoms with Gasteiger partial charge in [0.2, 0.25) is 11.8 Å². The van der Waals surface area contributed by atoms with Gasteiger partial charge in [0.1, 0.15) is 0 Å². The molecule has 1 N–H and O–H groups in total. The molecule has 1 heterocycles. The minimum Gasteiger partial charge on any atom is -0.343 e. The number of anilines is 1. The molecule has 2 saturated carbocycles. The number of likely N-dealkylation sites (tertiary alicyclic amines) is 1. The van der Waals surface area contributed by atoms with E-state index in [0.717, 1.165) is 49.9 Å². The molecule has 4 nitrogen and oxygen atoms in total. The van der Waals surface area contributed by atoms with Gasteiger partial charge in [0, 0.05) is 31.1 Å². The molecule has 0 aromatic heterocycles. The van der Waals surface area contributed by atoms with E-state index < -0.39 is 0 Å². The number of hydrogen-bond donors (Lipinski definition) is 1. The van der Waals surface area contributed by atoms with Crippen molar-refractivity contribution in [3.05, 3.63) is 30.3 Å². The van der Waals surface area contributed by atoms with Gasteiger partial charge < -0.3 is 10.2 Å². The summed E-state index contributed by atoms with van der Waals surface area (Å²) in [5.74, 6) is 2.77. The molecule has 3 aliphatic rings. The summed E-state index contributed by atoms with van der Waals surface area (Å²) < 4.78 is 0. The molecule has 1 saturated heterocycles. The molecule has 0 spiro atoms. The first-order chi connectivity index (χ1) is 12.2. The van der Waals surface area contributed by atoms with E-state index in [9.17, 15) is 9.59 Å². The number of carbonyl (C=O) groups excluding carboxylic acids is 2. The van der Waals surface area contributed by atoms with Crippen LogP contribution in [0.2, 0.25) is 0 Å². The third-order valence-electron chi connectivity index (χ3n) is 6.58. The van der Waals surface area contributed by atoms with Crippen molar-refractivity contribution in [1.29, 1.82) is 0 Å². The molecular formula is C21H28N2O2. The quantitative estimate of drug-likeness (QED) is 0.909. The molecule has 3 atom stereocenters. The highest BCUT2D eigenvalue weighted by Gasteiger charge is 2.41. The highest BCUT2D eigenvalue weighted by molar-refractivity contribution is 5.92. The van der Waals surface area contributed by atoms with Crippen molar-refractivity contribution >= 4 is 17.5 Å². The zero-order chi connectivity index (χ0) is 17.2. The number of benzene rings is 1. The van der Waals surface area contributed by atoms with Crippen molar-refractivity contribution in [3.63, 3.8) is 0 Å². The summed E-state index contributed by atoms with van der Waals surface area (Å²) in [6.07, 6.45) is 7.65. The Balaban J connectivity index is 1.24. The van der Waals surface area contributed by atoms with Crippen molar-refractivity contribution in [1.82, 2.24) is 4.90 Å². The van der Waals surface area contributed by atoms with Gasteiger partial charge >= 0.3 is 0 Å². The molecular weight excluding hydrogens is 312 g/mol. The predicted molar refractivity (Wildman–Crippen MR) is 97.9 cm³/mol. The fourth-order valence-electron chi connectivity index (χ4n) is 5.14. The number of carbonyl (C=O) groups is 2. The van der Waals surface area contributed by atoms with Crippen LogP contribution < -0.4 is 5.32 Å². The molecule has 25 heavy (non-hydrogen) atoms. The second kappa shape index (κ2) is 7.19. The van der Waals surface area contributed by atoms with E-state index in [1.165, 1.54) is 25.7 Å². The van der Waals surface area contributed by atoms with Crippen molar-refractivity contribution in [2.45, 2.75) is 44.9 Å². The standard InChI is InChI=1S/C21H28N2O2/c24-20(14-18-13-15-6-7-17(18)12-15)23-10-8-16(9-11-23)21(25)22-19-4-2-1-3-5-19/h1-5,15-18H,6-14H2,(H,22,25)/t15-,17+,18+/m0/s1. The molecule has 2 amide bonds. The zero-order valence-electron chi connectivity index (χ0n) is 14.8. The van der Waals surface area contributed by atoms with Gasteiger partial charge in [-0.2, -0.15) is 0 Å². The topological polar surface area (TPSA) is 49.4 Å². The van der Waals surface area contributed by atoms with E-state index in [-0.39, 0.29) is 11.8 Å². The molecule has 1 aromatic carbocycles. The van der Waals surface area contributed by atoms with Gasteiger partial charge in [0.25, 0.3) is 0 Å². The third-order valence-corrected chi connectivity index (χ3v) is 6.58. The molecule has 4 heteroatoms. The van der Waals surface area contributed by atoms with Gasteiger partial charge in [0.05, 0.1) is 0 Å². The third kappa shape index (κ3) is 3.73. The van der Waals surface area contributed by atoms with Crippen molar-refractivity contribution in [3.8, 4) is 0 Å². The smallest absolute Gasteiger partial charge is 0.227 e.